The molecule has 1 saturated heterocycles. The number of nitrogens with zero attached hydrogens (tertiary/aromatic N) is 3. The minimum absolute atomic E-state index is 0.100. The van der Waals surface area contributed by atoms with Crippen LogP contribution >= 0.6 is 11.3 Å². The van der Waals surface area contributed by atoms with Crippen LogP contribution in [0.4, 0.5) is 10.8 Å². The highest BCUT2D eigenvalue weighted by atomic mass is 32.1. The first kappa shape index (κ1) is 19.9. The van der Waals surface area contributed by atoms with Crippen molar-refractivity contribution in [2.24, 2.45) is 0 Å². The number of anilines is 2. The SMILES string of the molecule is CCCCc1nnc(NC(=O)CNC(=O)c2ccc(N3CCCC3=O)cc2)s1. The molecule has 1 aliphatic rings. The van der Waals surface area contributed by atoms with Gasteiger partial charge in [0.15, 0.2) is 0 Å². The highest BCUT2D eigenvalue weighted by molar-refractivity contribution is 7.15. The van der Waals surface area contributed by atoms with Gasteiger partial charge in [0.25, 0.3) is 5.91 Å². The number of hydrogen-bond donors (Lipinski definition) is 2. The quantitative estimate of drug-likeness (QED) is 0.707. The molecule has 0 unspecified atom stereocenters. The summed E-state index contributed by atoms with van der Waals surface area (Å²) in [5.74, 6) is -0.607. The van der Waals surface area contributed by atoms with E-state index in [9.17, 15) is 14.4 Å². The molecule has 8 nitrogen and oxygen atoms in total. The number of carbonyl (C=O) groups is 3. The van der Waals surface area contributed by atoms with Crippen molar-refractivity contribution in [2.45, 2.75) is 39.0 Å². The molecular weight excluding hydrogens is 378 g/mol. The third-order valence-corrected chi connectivity index (χ3v) is 5.28. The number of unbranched alkanes of at least 4 members (excludes halogenated alkanes) is 1. The van der Waals surface area contributed by atoms with Crippen molar-refractivity contribution < 1.29 is 14.4 Å². The van der Waals surface area contributed by atoms with E-state index < -0.39 is 0 Å². The first-order valence-corrected chi connectivity index (χ1v) is 10.2. The molecule has 3 rings (SSSR count). The summed E-state index contributed by atoms with van der Waals surface area (Å²) in [5, 5.41) is 14.5. The maximum absolute atomic E-state index is 12.2. The summed E-state index contributed by atoms with van der Waals surface area (Å²) < 4.78 is 0. The van der Waals surface area contributed by atoms with E-state index in [4.69, 9.17) is 0 Å². The van der Waals surface area contributed by atoms with Gasteiger partial charge in [0.2, 0.25) is 16.9 Å². The maximum Gasteiger partial charge on any atom is 0.251 e. The number of benzene rings is 1. The average Bonchev–Trinajstić information content (AvgIpc) is 3.33. The maximum atomic E-state index is 12.2. The van der Waals surface area contributed by atoms with Crippen LogP contribution in [0.3, 0.4) is 0 Å². The van der Waals surface area contributed by atoms with E-state index >= 15 is 0 Å². The number of nitrogens with one attached hydrogen (secondary N) is 2. The second-order valence-corrected chi connectivity index (χ2v) is 7.59. The normalized spacial score (nSPS) is 13.6. The number of carbonyl (C=O) groups excluding carboxylic acids is 3. The number of hydrogen-bond acceptors (Lipinski definition) is 6. The summed E-state index contributed by atoms with van der Waals surface area (Å²) in [7, 11) is 0. The first-order chi connectivity index (χ1) is 13.6. The summed E-state index contributed by atoms with van der Waals surface area (Å²) in [6, 6.07) is 6.80. The number of aromatic nitrogens is 2. The summed E-state index contributed by atoms with van der Waals surface area (Å²) in [6.07, 6.45) is 4.36. The van der Waals surface area contributed by atoms with Crippen molar-refractivity contribution in [2.75, 3.05) is 23.3 Å². The van der Waals surface area contributed by atoms with Crippen molar-refractivity contribution in [1.82, 2.24) is 15.5 Å². The Morgan fingerprint density at radius 2 is 2.00 bits per heavy atom. The van der Waals surface area contributed by atoms with Gasteiger partial charge in [-0.15, -0.1) is 10.2 Å². The summed E-state index contributed by atoms with van der Waals surface area (Å²) >= 11 is 1.35. The lowest BCUT2D eigenvalue weighted by Gasteiger charge is -2.15. The van der Waals surface area contributed by atoms with Gasteiger partial charge in [0.1, 0.15) is 5.01 Å². The fraction of sp³-hybridized carbons (Fsp3) is 0.421. The number of amides is 3. The second-order valence-electron chi connectivity index (χ2n) is 6.53. The zero-order chi connectivity index (χ0) is 19.9. The van der Waals surface area contributed by atoms with Crippen LogP contribution in [-0.2, 0) is 16.0 Å². The predicted octanol–water partition coefficient (Wildman–Crippen LogP) is 2.38. The highest BCUT2D eigenvalue weighted by Crippen LogP contribution is 2.21. The zero-order valence-electron chi connectivity index (χ0n) is 15.7. The molecule has 0 spiro atoms. The molecule has 2 heterocycles. The molecule has 0 atom stereocenters. The molecule has 0 saturated carbocycles. The van der Waals surface area contributed by atoms with Crippen molar-refractivity contribution in [3.8, 4) is 0 Å². The van der Waals surface area contributed by atoms with Crippen LogP contribution in [0, 0.1) is 0 Å². The molecule has 0 aliphatic carbocycles. The number of rotatable bonds is 8. The topological polar surface area (TPSA) is 104 Å². The summed E-state index contributed by atoms with van der Waals surface area (Å²) in [4.78, 5) is 37.7. The van der Waals surface area contributed by atoms with Gasteiger partial charge in [-0.1, -0.05) is 24.7 Å². The van der Waals surface area contributed by atoms with E-state index in [2.05, 4.69) is 27.8 Å². The Labute approximate surface area is 167 Å². The van der Waals surface area contributed by atoms with E-state index in [0.29, 0.717) is 23.7 Å². The molecule has 9 heteroatoms. The van der Waals surface area contributed by atoms with Crippen molar-refractivity contribution in [3.05, 3.63) is 34.8 Å². The van der Waals surface area contributed by atoms with Gasteiger partial charge in [-0.05, 0) is 37.1 Å². The molecular formula is C19H23N5O3S. The molecule has 28 heavy (non-hydrogen) atoms. The smallest absolute Gasteiger partial charge is 0.251 e. The van der Waals surface area contributed by atoms with Crippen LogP contribution in [0.2, 0.25) is 0 Å². The standard InChI is InChI=1S/C19H23N5O3S/c1-2-3-5-16-22-23-19(28-16)21-15(25)12-20-18(27)13-7-9-14(10-8-13)24-11-4-6-17(24)26/h7-10H,2-6,11-12H2,1H3,(H,20,27)(H,21,23,25). The highest BCUT2D eigenvalue weighted by Gasteiger charge is 2.21. The summed E-state index contributed by atoms with van der Waals surface area (Å²) in [6.45, 7) is 2.65. The molecule has 3 amide bonds. The fourth-order valence-corrected chi connectivity index (χ4v) is 3.67. The Balaban J connectivity index is 1.47. The Hall–Kier alpha value is -2.81. The van der Waals surface area contributed by atoms with Crippen LogP contribution in [0.25, 0.3) is 0 Å². The Kier molecular flexibility index (Phi) is 6.70. The minimum Gasteiger partial charge on any atom is -0.343 e. The van der Waals surface area contributed by atoms with Crippen molar-refractivity contribution in [3.63, 3.8) is 0 Å². The van der Waals surface area contributed by atoms with Crippen LogP contribution in [0.15, 0.2) is 24.3 Å². The third kappa shape index (κ3) is 5.13. The van der Waals surface area contributed by atoms with E-state index in [1.165, 1.54) is 11.3 Å². The van der Waals surface area contributed by atoms with Crippen LogP contribution in [0.5, 0.6) is 0 Å². The Morgan fingerprint density at radius 1 is 1.21 bits per heavy atom. The van der Waals surface area contributed by atoms with Gasteiger partial charge < -0.3 is 10.2 Å². The molecule has 0 bridgehead atoms. The van der Waals surface area contributed by atoms with Crippen LogP contribution in [0.1, 0.15) is 48.0 Å². The molecule has 2 N–H and O–H groups in total. The van der Waals surface area contributed by atoms with Gasteiger partial charge in [0.05, 0.1) is 6.54 Å². The van der Waals surface area contributed by atoms with Crippen molar-refractivity contribution in [1.29, 1.82) is 0 Å². The molecule has 1 fully saturated rings. The Bertz CT molecular complexity index is 850. The zero-order valence-corrected chi connectivity index (χ0v) is 16.6. The molecule has 148 valence electrons. The van der Waals surface area contributed by atoms with Gasteiger partial charge >= 0.3 is 0 Å². The molecule has 1 aliphatic heterocycles. The first-order valence-electron chi connectivity index (χ1n) is 9.37. The monoisotopic (exact) mass is 401 g/mol. The van der Waals surface area contributed by atoms with Crippen LogP contribution in [-0.4, -0.2) is 41.0 Å². The molecule has 1 aromatic carbocycles. The lowest BCUT2D eigenvalue weighted by Crippen LogP contribution is -2.32. The molecule has 2 aromatic rings. The van der Waals surface area contributed by atoms with Gasteiger partial charge in [-0.2, -0.15) is 0 Å². The number of aryl methyl sites for hydroxylation is 1. The van der Waals surface area contributed by atoms with Gasteiger partial charge in [-0.25, -0.2) is 0 Å². The van der Waals surface area contributed by atoms with Gasteiger partial charge in [-0.3, -0.25) is 19.7 Å². The fourth-order valence-electron chi connectivity index (χ4n) is 2.87. The second kappa shape index (κ2) is 9.41. The van der Waals surface area contributed by atoms with Crippen molar-refractivity contribution >= 4 is 39.9 Å². The average molecular weight is 401 g/mol. The van der Waals surface area contributed by atoms with Gasteiger partial charge in [0, 0.05) is 30.6 Å². The molecule has 0 radical (unpaired) electrons. The van der Waals surface area contributed by atoms with E-state index in [1.807, 2.05) is 0 Å². The summed E-state index contributed by atoms with van der Waals surface area (Å²) in [5.41, 5.74) is 1.22. The largest absolute Gasteiger partial charge is 0.343 e. The predicted molar refractivity (Wildman–Crippen MR) is 108 cm³/mol. The lowest BCUT2D eigenvalue weighted by molar-refractivity contribution is -0.117. The van der Waals surface area contributed by atoms with Crippen LogP contribution < -0.4 is 15.5 Å². The third-order valence-electron chi connectivity index (χ3n) is 4.38. The minimum atomic E-state index is -0.356. The van der Waals surface area contributed by atoms with E-state index in [1.54, 1.807) is 29.2 Å². The molecule has 1 aromatic heterocycles. The van der Waals surface area contributed by atoms with E-state index in [0.717, 1.165) is 36.4 Å². The van der Waals surface area contributed by atoms with E-state index in [-0.39, 0.29) is 24.3 Å². The lowest BCUT2D eigenvalue weighted by atomic mass is 10.2. The Morgan fingerprint density at radius 3 is 2.68 bits per heavy atom.